The molecule has 30 heavy (non-hydrogen) atoms. The quantitative estimate of drug-likeness (QED) is 0.427. The summed E-state index contributed by atoms with van der Waals surface area (Å²) in [5.41, 5.74) is 2.41. The van der Waals surface area contributed by atoms with Crippen molar-refractivity contribution in [3.8, 4) is 17.1 Å². The molecule has 6 nitrogen and oxygen atoms in total. The Morgan fingerprint density at radius 2 is 2.07 bits per heavy atom. The Hall–Kier alpha value is -3.52. The summed E-state index contributed by atoms with van der Waals surface area (Å²) in [5.74, 6) is 0.887. The first-order valence-electron chi connectivity index (χ1n) is 9.28. The molecule has 0 atom stereocenters. The average Bonchev–Trinajstić information content (AvgIpc) is 3.43. The Morgan fingerprint density at radius 3 is 2.90 bits per heavy atom. The Labute approximate surface area is 176 Å². The van der Waals surface area contributed by atoms with Gasteiger partial charge in [0.15, 0.2) is 0 Å². The first kappa shape index (κ1) is 19.8. The summed E-state index contributed by atoms with van der Waals surface area (Å²) in [4.78, 5) is 16.6. The van der Waals surface area contributed by atoms with Gasteiger partial charge >= 0.3 is 0 Å². The predicted octanol–water partition coefficient (Wildman–Crippen LogP) is 5.09. The van der Waals surface area contributed by atoms with Crippen LogP contribution in [0.1, 0.15) is 17.9 Å². The van der Waals surface area contributed by atoms with Crippen molar-refractivity contribution in [2.45, 2.75) is 19.4 Å². The van der Waals surface area contributed by atoms with Gasteiger partial charge in [-0.1, -0.05) is 23.4 Å². The third-order valence-corrected chi connectivity index (χ3v) is 4.91. The van der Waals surface area contributed by atoms with E-state index in [1.807, 2.05) is 35.0 Å². The molecule has 0 saturated heterocycles. The standard InChI is InChI=1S/C22H18FN3O3S/c23-17-4-2-6-19(12-17)28-13-15-3-1-5-18(11-15)24-20(27)7-8-21-25-22(26-29-21)16-9-10-30-14-16/h1-6,9-12,14H,7-8,13H2,(H,24,27). The zero-order valence-corrected chi connectivity index (χ0v) is 16.7. The number of ether oxygens (including phenoxy) is 1. The SMILES string of the molecule is O=C(CCc1nc(-c2ccsc2)no1)Nc1cccc(COc2cccc(F)c2)c1. The van der Waals surface area contributed by atoms with Crippen LogP contribution in [0.2, 0.25) is 0 Å². The van der Waals surface area contributed by atoms with Crippen molar-refractivity contribution >= 4 is 22.9 Å². The van der Waals surface area contributed by atoms with Crippen LogP contribution in [0.3, 0.4) is 0 Å². The number of hydrogen-bond acceptors (Lipinski definition) is 6. The molecule has 0 spiro atoms. The molecule has 1 amide bonds. The summed E-state index contributed by atoms with van der Waals surface area (Å²) < 4.78 is 24.0. The summed E-state index contributed by atoms with van der Waals surface area (Å²) in [6, 6.07) is 15.2. The van der Waals surface area contributed by atoms with Crippen LogP contribution < -0.4 is 10.1 Å². The second-order valence-corrected chi connectivity index (χ2v) is 7.30. The highest BCUT2D eigenvalue weighted by molar-refractivity contribution is 7.08. The molecule has 4 aromatic rings. The molecule has 0 bridgehead atoms. The van der Waals surface area contributed by atoms with Gasteiger partial charge in [-0.3, -0.25) is 4.79 Å². The number of aryl methyl sites for hydroxylation is 1. The molecule has 0 fully saturated rings. The molecule has 2 heterocycles. The topological polar surface area (TPSA) is 77.2 Å². The number of aromatic nitrogens is 2. The van der Waals surface area contributed by atoms with E-state index in [0.717, 1.165) is 11.1 Å². The maximum atomic E-state index is 13.2. The largest absolute Gasteiger partial charge is 0.489 e. The van der Waals surface area contributed by atoms with Gasteiger partial charge in [0.1, 0.15) is 18.2 Å². The van der Waals surface area contributed by atoms with Crippen LogP contribution in [0.5, 0.6) is 5.75 Å². The fraction of sp³-hybridized carbons (Fsp3) is 0.136. The monoisotopic (exact) mass is 423 g/mol. The first-order chi connectivity index (χ1) is 14.7. The molecule has 2 aromatic heterocycles. The van der Waals surface area contributed by atoms with Gasteiger partial charge in [-0.25, -0.2) is 4.39 Å². The number of halogens is 1. The van der Waals surface area contributed by atoms with E-state index in [0.29, 0.717) is 29.6 Å². The molecule has 0 aliphatic heterocycles. The number of amides is 1. The highest BCUT2D eigenvalue weighted by Gasteiger charge is 2.11. The molecule has 8 heteroatoms. The van der Waals surface area contributed by atoms with E-state index < -0.39 is 0 Å². The zero-order valence-electron chi connectivity index (χ0n) is 15.9. The van der Waals surface area contributed by atoms with Crippen LogP contribution in [0, 0.1) is 5.82 Å². The van der Waals surface area contributed by atoms with Crippen molar-refractivity contribution in [1.29, 1.82) is 0 Å². The molecule has 0 radical (unpaired) electrons. The van der Waals surface area contributed by atoms with Crippen molar-refractivity contribution in [1.82, 2.24) is 10.1 Å². The van der Waals surface area contributed by atoms with Gasteiger partial charge in [0.2, 0.25) is 17.6 Å². The molecule has 152 valence electrons. The fourth-order valence-electron chi connectivity index (χ4n) is 2.77. The minimum absolute atomic E-state index is 0.159. The molecule has 2 aromatic carbocycles. The molecular formula is C22H18FN3O3S. The summed E-state index contributed by atoms with van der Waals surface area (Å²) >= 11 is 1.56. The maximum absolute atomic E-state index is 13.2. The number of hydrogen-bond donors (Lipinski definition) is 1. The number of benzene rings is 2. The van der Waals surface area contributed by atoms with Crippen molar-refractivity contribution in [2.24, 2.45) is 0 Å². The van der Waals surface area contributed by atoms with E-state index in [9.17, 15) is 9.18 Å². The third kappa shape index (κ3) is 5.30. The number of carbonyl (C=O) groups is 1. The van der Waals surface area contributed by atoms with Crippen LogP contribution in [0.25, 0.3) is 11.4 Å². The summed E-state index contributed by atoms with van der Waals surface area (Å²) in [6.45, 7) is 0.264. The van der Waals surface area contributed by atoms with Crippen LogP contribution >= 0.6 is 11.3 Å². The van der Waals surface area contributed by atoms with Crippen molar-refractivity contribution in [3.05, 3.63) is 82.6 Å². The van der Waals surface area contributed by atoms with E-state index in [1.54, 1.807) is 29.5 Å². The van der Waals surface area contributed by atoms with Crippen molar-refractivity contribution < 1.29 is 18.4 Å². The van der Waals surface area contributed by atoms with Gasteiger partial charge in [0.25, 0.3) is 0 Å². The van der Waals surface area contributed by atoms with E-state index in [-0.39, 0.29) is 24.8 Å². The zero-order chi connectivity index (χ0) is 20.8. The lowest BCUT2D eigenvalue weighted by molar-refractivity contribution is -0.116. The Bertz CT molecular complexity index is 1130. The second-order valence-electron chi connectivity index (χ2n) is 6.52. The second kappa shape index (κ2) is 9.32. The molecule has 0 saturated carbocycles. The summed E-state index contributed by atoms with van der Waals surface area (Å²) in [5, 5.41) is 10.7. The number of rotatable bonds is 8. The van der Waals surface area contributed by atoms with Gasteiger partial charge in [-0.05, 0) is 41.3 Å². The fourth-order valence-corrected chi connectivity index (χ4v) is 3.41. The molecule has 0 aliphatic carbocycles. The smallest absolute Gasteiger partial charge is 0.227 e. The van der Waals surface area contributed by atoms with Crippen LogP contribution in [-0.2, 0) is 17.8 Å². The molecule has 0 unspecified atom stereocenters. The number of thiophene rings is 1. The van der Waals surface area contributed by atoms with Gasteiger partial charge in [0, 0.05) is 35.5 Å². The Balaban J connectivity index is 1.28. The van der Waals surface area contributed by atoms with E-state index >= 15 is 0 Å². The number of anilines is 1. The van der Waals surface area contributed by atoms with Crippen LogP contribution in [-0.4, -0.2) is 16.0 Å². The first-order valence-corrected chi connectivity index (χ1v) is 10.2. The highest BCUT2D eigenvalue weighted by atomic mass is 32.1. The van der Waals surface area contributed by atoms with Gasteiger partial charge in [-0.2, -0.15) is 16.3 Å². The predicted molar refractivity (Wildman–Crippen MR) is 112 cm³/mol. The number of carbonyl (C=O) groups excluding carboxylic acids is 1. The molecular weight excluding hydrogens is 405 g/mol. The van der Waals surface area contributed by atoms with Gasteiger partial charge < -0.3 is 14.6 Å². The number of nitrogens with zero attached hydrogens (tertiary/aromatic N) is 2. The van der Waals surface area contributed by atoms with Crippen LogP contribution in [0.15, 0.2) is 69.9 Å². The van der Waals surface area contributed by atoms with Crippen molar-refractivity contribution in [3.63, 3.8) is 0 Å². The average molecular weight is 423 g/mol. The van der Waals surface area contributed by atoms with E-state index in [2.05, 4.69) is 15.5 Å². The summed E-state index contributed by atoms with van der Waals surface area (Å²) in [7, 11) is 0. The lowest BCUT2D eigenvalue weighted by atomic mass is 10.2. The lowest BCUT2D eigenvalue weighted by Gasteiger charge is -2.09. The van der Waals surface area contributed by atoms with E-state index in [1.165, 1.54) is 12.1 Å². The normalized spacial score (nSPS) is 10.7. The highest BCUT2D eigenvalue weighted by Crippen LogP contribution is 2.19. The third-order valence-electron chi connectivity index (χ3n) is 4.23. The molecule has 1 N–H and O–H groups in total. The lowest BCUT2D eigenvalue weighted by Crippen LogP contribution is -2.12. The van der Waals surface area contributed by atoms with Crippen LogP contribution in [0.4, 0.5) is 10.1 Å². The van der Waals surface area contributed by atoms with Crippen molar-refractivity contribution in [2.75, 3.05) is 5.32 Å². The molecule has 4 rings (SSSR count). The minimum Gasteiger partial charge on any atom is -0.489 e. The Morgan fingerprint density at radius 1 is 1.17 bits per heavy atom. The van der Waals surface area contributed by atoms with Gasteiger partial charge in [-0.15, -0.1) is 0 Å². The van der Waals surface area contributed by atoms with Gasteiger partial charge in [0.05, 0.1) is 0 Å². The Kier molecular flexibility index (Phi) is 6.14. The minimum atomic E-state index is -0.350. The summed E-state index contributed by atoms with van der Waals surface area (Å²) in [6.07, 6.45) is 0.570. The molecule has 0 aliphatic rings. The number of nitrogens with one attached hydrogen (secondary N) is 1. The van der Waals surface area contributed by atoms with E-state index in [4.69, 9.17) is 9.26 Å². The maximum Gasteiger partial charge on any atom is 0.227 e.